The second-order valence-corrected chi connectivity index (χ2v) is 43.8. The molecule has 32 aromatic rings. The predicted octanol–water partition coefficient (Wildman–Crippen LogP) is 34.0. The van der Waals surface area contributed by atoms with E-state index >= 15 is 0 Å². The molecule has 14 aromatic heterocycles. The molecule has 18 aromatic carbocycles. The minimum atomic E-state index is -0.408. The van der Waals surface area contributed by atoms with Crippen LogP contribution in [-0.4, -0.2) is 73.5 Å². The van der Waals surface area contributed by atoms with Crippen LogP contribution >= 0.6 is 68.0 Å². The van der Waals surface area contributed by atoms with E-state index in [2.05, 4.69) is 290 Å². The second kappa shape index (κ2) is 32.5. The van der Waals surface area contributed by atoms with E-state index in [1.165, 1.54) is 174 Å². The van der Waals surface area contributed by atoms with E-state index in [1.807, 2.05) is 185 Å². The first-order valence-electron chi connectivity index (χ1n) is 48.9. The highest BCUT2D eigenvalue weighted by molar-refractivity contribution is 7.32. The van der Waals surface area contributed by atoms with E-state index in [0.29, 0.717) is 35.1 Å². The Morgan fingerprint density at radius 1 is 0.203 bits per heavy atom. The molecule has 21 heteroatoms. The Bertz CT molecular complexity index is 11100. The van der Waals surface area contributed by atoms with Gasteiger partial charge in [0.05, 0.1) is 83.3 Å². The fraction of sp³-hybridized carbons (Fsp3) is 0.00787. The lowest BCUT2D eigenvalue weighted by Gasteiger charge is -2.30. The van der Waals surface area contributed by atoms with Gasteiger partial charge in [-0.05, 0) is 105 Å². The molecule has 1 spiro atoms. The fourth-order valence-electron chi connectivity index (χ4n) is 23.8. The molecule has 0 saturated carbocycles. The van der Waals surface area contributed by atoms with Crippen molar-refractivity contribution < 1.29 is 0 Å². The lowest BCUT2D eigenvalue weighted by atomic mass is 9.70. The molecule has 688 valence electrons. The van der Waals surface area contributed by atoms with Crippen LogP contribution in [0.4, 0.5) is 0 Å². The molecule has 15 nitrogen and oxygen atoms in total. The van der Waals surface area contributed by atoms with E-state index in [1.54, 1.807) is 41.7 Å². The Balaban J connectivity index is 0.0000000987. The zero-order valence-electron chi connectivity index (χ0n) is 78.0. The normalized spacial score (nSPS) is 12.6. The molecule has 0 unspecified atom stereocenters. The quantitative estimate of drug-likeness (QED) is 0.141. The largest absolute Gasteiger partial charge is 0.308 e. The SMILES string of the molecule is c1ccc(-c2nc(-c3ccccc3)nc(-c3cccc(-n4c5ccccc5c5c6c7ncncc7sc6c6c7ccccc7sc6c54)c3)n2)cc1.c1ccc(-c2nc(-c3ccccc3)nc(-n3c4ccccc4c4c5c6ncncc6sc5c5c6ccccc6sc5c43)n2)cc1.c1ccc2c(c1)-c1ccccc1C21c2ccccc2-c2ccc(-n3c4ccccc4c4c5c6ncncc6sc5c5c6ccccc6sc5c43)cc21. The Morgan fingerprint density at radius 2 is 0.500 bits per heavy atom. The van der Waals surface area contributed by atoms with Crippen LogP contribution in [0.2, 0.25) is 0 Å². The Labute approximate surface area is 865 Å². The molecule has 0 atom stereocenters. The van der Waals surface area contributed by atoms with E-state index in [-0.39, 0.29) is 0 Å². The van der Waals surface area contributed by atoms with Gasteiger partial charge in [0.1, 0.15) is 19.0 Å². The molecule has 34 rings (SSSR count). The summed E-state index contributed by atoms with van der Waals surface area (Å²) in [6.07, 6.45) is 10.9. The second-order valence-electron chi connectivity index (χ2n) is 37.5. The van der Waals surface area contributed by atoms with Crippen molar-refractivity contribution in [2.75, 3.05) is 0 Å². The molecule has 0 N–H and O–H groups in total. The summed E-state index contributed by atoms with van der Waals surface area (Å²) in [5.41, 5.74) is 27.1. The highest BCUT2D eigenvalue weighted by Gasteiger charge is 2.52. The van der Waals surface area contributed by atoms with E-state index in [4.69, 9.17) is 44.9 Å². The van der Waals surface area contributed by atoms with Crippen LogP contribution in [0.3, 0.4) is 0 Å². The van der Waals surface area contributed by atoms with Crippen LogP contribution in [-0.2, 0) is 5.41 Å². The average molecular weight is 2000 g/mol. The number of aromatic nitrogens is 15. The third-order valence-corrected chi connectivity index (χ3v) is 36.7. The number of nitrogens with zero attached hydrogens (tertiary/aromatic N) is 15. The zero-order valence-corrected chi connectivity index (χ0v) is 82.9. The van der Waals surface area contributed by atoms with Gasteiger partial charge in [-0.1, -0.05) is 322 Å². The van der Waals surface area contributed by atoms with Gasteiger partial charge in [-0.2, -0.15) is 9.97 Å². The van der Waals surface area contributed by atoms with Crippen molar-refractivity contribution in [3.8, 4) is 96.5 Å². The van der Waals surface area contributed by atoms with Crippen LogP contribution < -0.4 is 0 Å². The highest BCUT2D eigenvalue weighted by atomic mass is 32.1. The van der Waals surface area contributed by atoms with Crippen LogP contribution in [0.5, 0.6) is 0 Å². The smallest absolute Gasteiger partial charge is 0.238 e. The molecule has 0 bridgehead atoms. The van der Waals surface area contributed by atoms with Gasteiger partial charge in [0, 0.05) is 167 Å². The maximum Gasteiger partial charge on any atom is 0.238 e. The maximum absolute atomic E-state index is 5.19. The zero-order chi connectivity index (χ0) is 96.7. The van der Waals surface area contributed by atoms with Gasteiger partial charge in [0.25, 0.3) is 0 Å². The summed E-state index contributed by atoms with van der Waals surface area (Å²) in [7, 11) is 0. The van der Waals surface area contributed by atoms with Crippen LogP contribution in [0, 0.1) is 0 Å². The van der Waals surface area contributed by atoms with Crippen LogP contribution in [0.1, 0.15) is 22.3 Å². The number of para-hydroxylation sites is 3. The molecule has 0 amide bonds. The van der Waals surface area contributed by atoms with Crippen molar-refractivity contribution in [2.24, 2.45) is 0 Å². The van der Waals surface area contributed by atoms with Gasteiger partial charge < -0.3 is 9.13 Å². The number of hydrogen-bond acceptors (Lipinski definition) is 18. The fourth-order valence-corrected chi connectivity index (χ4v) is 31.3. The molecule has 0 saturated heterocycles. The van der Waals surface area contributed by atoms with Gasteiger partial charge in [-0.25, -0.2) is 49.8 Å². The summed E-state index contributed by atoms with van der Waals surface area (Å²) >= 11 is 11.0. The molecule has 2 aliphatic rings. The van der Waals surface area contributed by atoms with Crippen LogP contribution in [0.25, 0.3) is 283 Å². The number of fused-ring (bicyclic) bond motifs is 46. The topological polar surface area (TPSA) is 169 Å². The Morgan fingerprint density at radius 3 is 0.892 bits per heavy atom. The third kappa shape index (κ3) is 12.1. The van der Waals surface area contributed by atoms with Crippen molar-refractivity contribution in [3.63, 3.8) is 0 Å². The number of thiophene rings is 6. The number of hydrogen-bond donors (Lipinski definition) is 0. The number of rotatable bonds is 8. The van der Waals surface area contributed by atoms with Gasteiger partial charge in [-0.3, -0.25) is 4.57 Å². The number of benzene rings is 18. The summed E-state index contributed by atoms with van der Waals surface area (Å²) in [6, 6.07) is 136. The van der Waals surface area contributed by atoms with E-state index in [0.717, 1.165) is 96.9 Å². The predicted molar refractivity (Wildman–Crippen MR) is 617 cm³/mol. The van der Waals surface area contributed by atoms with Crippen molar-refractivity contribution in [3.05, 3.63) is 442 Å². The summed E-state index contributed by atoms with van der Waals surface area (Å²) in [6.45, 7) is 0. The monoisotopic (exact) mass is 2000 g/mol. The van der Waals surface area contributed by atoms with Crippen molar-refractivity contribution in [2.45, 2.75) is 5.41 Å². The molecule has 0 fully saturated rings. The van der Waals surface area contributed by atoms with E-state index in [9.17, 15) is 0 Å². The lowest BCUT2D eigenvalue weighted by molar-refractivity contribution is 0.792. The van der Waals surface area contributed by atoms with Gasteiger partial charge in [0.15, 0.2) is 29.1 Å². The highest BCUT2D eigenvalue weighted by Crippen LogP contribution is 2.65. The first kappa shape index (κ1) is 83.4. The van der Waals surface area contributed by atoms with Gasteiger partial charge >= 0.3 is 0 Å². The minimum Gasteiger partial charge on any atom is -0.308 e. The minimum absolute atomic E-state index is 0.408. The molecule has 148 heavy (non-hydrogen) atoms. The summed E-state index contributed by atoms with van der Waals surface area (Å²) < 4.78 is 21.9. The Kier molecular flexibility index (Phi) is 18.3. The molecule has 0 radical (unpaired) electrons. The average Bonchev–Trinajstić information content (AvgIpc) is 1.50. The van der Waals surface area contributed by atoms with E-state index < -0.39 is 5.41 Å². The van der Waals surface area contributed by atoms with Crippen molar-refractivity contribution >= 4 is 255 Å². The lowest BCUT2D eigenvalue weighted by Crippen LogP contribution is -2.26. The first-order chi connectivity index (χ1) is 73.4. The maximum atomic E-state index is 5.19. The standard InChI is InChI=1S/C47H25N3S2.C43H24N6S2.C37H20N6S2/c1-6-16-33-27(11-1)28-12-2-7-17-34(28)47(33)35-18-8-3-13-29(35)30-22-21-26(23-36(30)47)50-37-19-9-4-14-31(37)40-42-43-39(24-48-25-49-43)52-45(42)41-32-15-5-10-20-38(32)51-46(41)44(40)50;1-3-12-25(13-4-1)41-46-42(26-14-5-2-6-15-26)48-43(47-41)27-16-11-17-28(22-27)49-31-20-9-7-18-29(31)34-36-37-33(23-44-24-45-37)51-39(36)35-30-19-8-10-21-32(30)50-40(35)38(34)49;1-3-11-21(12-4-1)35-40-36(22-13-5-2-6-14-22)42-37(41-35)43-25-17-9-7-15-23(25)28-30-31-27(19-38-20-39-31)45-33(30)29-24-16-8-10-18-26(24)44-34(29)32(28)43/h1-25H;1-24H;1-20H. The van der Waals surface area contributed by atoms with Gasteiger partial charge in [0.2, 0.25) is 5.95 Å². The van der Waals surface area contributed by atoms with Crippen molar-refractivity contribution in [1.29, 1.82) is 0 Å². The van der Waals surface area contributed by atoms with Gasteiger partial charge in [-0.15, -0.1) is 68.0 Å². The third-order valence-electron chi connectivity index (χ3n) is 29.7. The summed E-state index contributed by atoms with van der Waals surface area (Å²) in [5, 5.41) is 18.4. The molecule has 14 heterocycles. The van der Waals surface area contributed by atoms with Crippen LogP contribution in [0.15, 0.2) is 420 Å². The first-order valence-corrected chi connectivity index (χ1v) is 53.8. The summed E-state index contributed by atoms with van der Waals surface area (Å²) in [4.78, 5) is 58.2. The summed E-state index contributed by atoms with van der Waals surface area (Å²) in [5.74, 6) is 3.76. The molecular weight excluding hydrogens is 1930 g/mol. The Hall–Kier alpha value is -18.1. The van der Waals surface area contributed by atoms with Crippen molar-refractivity contribution in [1.82, 2.24) is 73.5 Å². The molecule has 2 aliphatic carbocycles. The molecular formula is C127H69N15S6. The molecule has 0 aliphatic heterocycles.